The molecule has 1 aromatic heterocycles. The fraction of sp³-hybridized carbons (Fsp3) is 0.280. The van der Waals surface area contributed by atoms with Crippen LogP contribution in [0.3, 0.4) is 0 Å². The normalized spacial score (nSPS) is 11.7. The third-order valence-electron chi connectivity index (χ3n) is 4.71. The average molecular weight is 470 g/mol. The SMILES string of the molecule is COC(=O)C(CC(C)C)Nc1cc(Nc2cccc(F)c2)nc(Sc2ccc(OC)cc2)c1. The van der Waals surface area contributed by atoms with Crippen LogP contribution in [-0.4, -0.2) is 31.2 Å². The Bertz CT molecular complexity index is 1080. The van der Waals surface area contributed by atoms with E-state index in [9.17, 15) is 9.18 Å². The Kier molecular flexibility index (Phi) is 8.54. The first-order valence-electron chi connectivity index (χ1n) is 10.6. The van der Waals surface area contributed by atoms with E-state index in [2.05, 4.69) is 15.6 Å². The highest BCUT2D eigenvalue weighted by Gasteiger charge is 2.21. The monoisotopic (exact) mass is 469 g/mol. The number of hydrogen-bond acceptors (Lipinski definition) is 7. The third-order valence-corrected chi connectivity index (χ3v) is 5.64. The number of anilines is 3. The summed E-state index contributed by atoms with van der Waals surface area (Å²) in [7, 11) is 3.00. The summed E-state index contributed by atoms with van der Waals surface area (Å²) in [6, 6.07) is 17.0. The van der Waals surface area contributed by atoms with Crippen molar-refractivity contribution in [3.8, 4) is 5.75 Å². The molecule has 2 aromatic carbocycles. The van der Waals surface area contributed by atoms with Gasteiger partial charge >= 0.3 is 5.97 Å². The molecule has 0 radical (unpaired) electrons. The van der Waals surface area contributed by atoms with Crippen molar-refractivity contribution in [2.45, 2.75) is 36.2 Å². The number of aromatic nitrogens is 1. The smallest absolute Gasteiger partial charge is 0.328 e. The maximum absolute atomic E-state index is 13.7. The van der Waals surface area contributed by atoms with Crippen LogP contribution in [0.15, 0.2) is 70.6 Å². The summed E-state index contributed by atoms with van der Waals surface area (Å²) in [6.07, 6.45) is 0.614. The van der Waals surface area contributed by atoms with E-state index in [0.29, 0.717) is 34.6 Å². The topological polar surface area (TPSA) is 72.5 Å². The maximum Gasteiger partial charge on any atom is 0.328 e. The molecule has 1 unspecified atom stereocenters. The minimum Gasteiger partial charge on any atom is -0.497 e. The molecule has 0 bridgehead atoms. The quantitative estimate of drug-likeness (QED) is 0.346. The van der Waals surface area contributed by atoms with E-state index in [0.717, 1.165) is 10.6 Å². The van der Waals surface area contributed by atoms with Gasteiger partial charge in [-0.2, -0.15) is 0 Å². The van der Waals surface area contributed by atoms with Crippen molar-refractivity contribution in [3.05, 3.63) is 66.5 Å². The van der Waals surface area contributed by atoms with Crippen LogP contribution < -0.4 is 15.4 Å². The van der Waals surface area contributed by atoms with Gasteiger partial charge < -0.3 is 20.1 Å². The lowest BCUT2D eigenvalue weighted by Crippen LogP contribution is -2.32. The number of ether oxygens (including phenoxy) is 2. The number of benzene rings is 2. The highest BCUT2D eigenvalue weighted by molar-refractivity contribution is 7.99. The fourth-order valence-electron chi connectivity index (χ4n) is 3.21. The van der Waals surface area contributed by atoms with E-state index in [1.165, 1.54) is 31.0 Å². The van der Waals surface area contributed by atoms with E-state index in [1.807, 2.05) is 44.2 Å². The van der Waals surface area contributed by atoms with E-state index >= 15 is 0 Å². The summed E-state index contributed by atoms with van der Waals surface area (Å²) in [6.45, 7) is 4.10. The van der Waals surface area contributed by atoms with Crippen LogP contribution in [0, 0.1) is 11.7 Å². The first kappa shape index (κ1) is 24.4. The Hall–Kier alpha value is -3.26. The Balaban J connectivity index is 1.92. The van der Waals surface area contributed by atoms with Crippen molar-refractivity contribution >= 4 is 34.9 Å². The Morgan fingerprint density at radius 1 is 1.06 bits per heavy atom. The van der Waals surface area contributed by atoms with Gasteiger partial charge in [0, 0.05) is 22.3 Å². The van der Waals surface area contributed by atoms with Gasteiger partial charge in [0.1, 0.15) is 28.5 Å². The number of hydrogen-bond donors (Lipinski definition) is 2. The summed E-state index contributed by atoms with van der Waals surface area (Å²) in [4.78, 5) is 18.0. The molecule has 0 aliphatic carbocycles. The summed E-state index contributed by atoms with van der Waals surface area (Å²) < 4.78 is 23.9. The van der Waals surface area contributed by atoms with E-state index in [1.54, 1.807) is 25.3 Å². The van der Waals surface area contributed by atoms with Gasteiger partial charge in [-0.1, -0.05) is 31.7 Å². The van der Waals surface area contributed by atoms with Gasteiger partial charge in [0.15, 0.2) is 0 Å². The second-order valence-electron chi connectivity index (χ2n) is 7.84. The zero-order valence-electron chi connectivity index (χ0n) is 19.1. The summed E-state index contributed by atoms with van der Waals surface area (Å²) in [5.74, 6) is 0.913. The first-order valence-corrected chi connectivity index (χ1v) is 11.4. The lowest BCUT2D eigenvalue weighted by atomic mass is 10.0. The Labute approximate surface area is 197 Å². The van der Waals surface area contributed by atoms with Crippen LogP contribution in [-0.2, 0) is 9.53 Å². The van der Waals surface area contributed by atoms with Gasteiger partial charge in [0.05, 0.1) is 14.2 Å². The molecular weight excluding hydrogens is 441 g/mol. The van der Waals surface area contributed by atoms with Crippen LogP contribution >= 0.6 is 11.8 Å². The Morgan fingerprint density at radius 2 is 1.82 bits per heavy atom. The van der Waals surface area contributed by atoms with Gasteiger partial charge in [-0.25, -0.2) is 14.2 Å². The minimum atomic E-state index is -0.502. The number of pyridine rings is 1. The molecule has 1 atom stereocenters. The Morgan fingerprint density at radius 3 is 2.45 bits per heavy atom. The maximum atomic E-state index is 13.7. The molecule has 0 spiro atoms. The molecule has 3 rings (SSSR count). The molecule has 8 heteroatoms. The predicted molar refractivity (Wildman–Crippen MR) is 130 cm³/mol. The minimum absolute atomic E-state index is 0.293. The second kappa shape index (κ2) is 11.6. The fourth-order valence-corrected chi connectivity index (χ4v) is 4.06. The molecule has 6 nitrogen and oxygen atoms in total. The van der Waals surface area contributed by atoms with Crippen LogP contribution in [0.1, 0.15) is 20.3 Å². The molecule has 1 heterocycles. The largest absolute Gasteiger partial charge is 0.497 e. The van der Waals surface area contributed by atoms with Crippen LogP contribution in [0.4, 0.5) is 21.6 Å². The highest BCUT2D eigenvalue weighted by atomic mass is 32.2. The third kappa shape index (κ3) is 7.39. The van der Waals surface area contributed by atoms with Crippen molar-refractivity contribution in [2.24, 2.45) is 5.92 Å². The van der Waals surface area contributed by atoms with Gasteiger partial charge in [-0.05, 0) is 60.9 Å². The molecule has 0 saturated carbocycles. The zero-order valence-corrected chi connectivity index (χ0v) is 19.9. The van der Waals surface area contributed by atoms with Crippen molar-refractivity contribution in [1.29, 1.82) is 0 Å². The molecule has 174 valence electrons. The number of carbonyl (C=O) groups excluding carboxylic acids is 1. The molecule has 0 amide bonds. The van der Waals surface area contributed by atoms with Crippen molar-refractivity contribution in [2.75, 3.05) is 24.9 Å². The molecule has 33 heavy (non-hydrogen) atoms. The number of methoxy groups -OCH3 is 2. The molecule has 0 saturated heterocycles. The van der Waals surface area contributed by atoms with Gasteiger partial charge in [-0.15, -0.1) is 0 Å². The molecular formula is C25H28FN3O3S. The lowest BCUT2D eigenvalue weighted by molar-refractivity contribution is -0.141. The van der Waals surface area contributed by atoms with Gasteiger partial charge in [0.2, 0.25) is 0 Å². The summed E-state index contributed by atoms with van der Waals surface area (Å²) in [5, 5.41) is 7.13. The van der Waals surface area contributed by atoms with E-state index in [-0.39, 0.29) is 11.8 Å². The number of carbonyl (C=O) groups is 1. The number of nitrogens with zero attached hydrogens (tertiary/aromatic N) is 1. The van der Waals surface area contributed by atoms with Crippen molar-refractivity contribution < 1.29 is 18.7 Å². The first-order chi connectivity index (χ1) is 15.9. The molecule has 0 aliphatic heterocycles. The number of esters is 1. The molecule has 0 fully saturated rings. The number of nitrogens with one attached hydrogen (secondary N) is 2. The standard InChI is InChI=1S/C25H28FN3O3S/c1-16(2)12-22(25(30)32-4)27-19-14-23(28-18-7-5-6-17(26)13-18)29-24(15-19)33-21-10-8-20(31-3)9-11-21/h5-11,13-16,22H,12H2,1-4H3,(H2,27,28,29). The summed E-state index contributed by atoms with van der Waals surface area (Å²) in [5.41, 5.74) is 1.28. The number of halogens is 1. The highest BCUT2D eigenvalue weighted by Crippen LogP contribution is 2.32. The zero-order chi connectivity index (χ0) is 23.8. The van der Waals surface area contributed by atoms with Crippen LogP contribution in [0.25, 0.3) is 0 Å². The van der Waals surface area contributed by atoms with Gasteiger partial charge in [0.25, 0.3) is 0 Å². The predicted octanol–water partition coefficient (Wildman–Crippen LogP) is 6.12. The van der Waals surface area contributed by atoms with Crippen molar-refractivity contribution in [1.82, 2.24) is 4.98 Å². The van der Waals surface area contributed by atoms with Crippen LogP contribution in [0.5, 0.6) is 5.75 Å². The van der Waals surface area contributed by atoms with E-state index < -0.39 is 6.04 Å². The van der Waals surface area contributed by atoms with Crippen LogP contribution in [0.2, 0.25) is 0 Å². The van der Waals surface area contributed by atoms with Gasteiger partial charge in [-0.3, -0.25) is 0 Å². The molecule has 3 aromatic rings. The molecule has 0 aliphatic rings. The molecule has 2 N–H and O–H groups in total. The lowest BCUT2D eigenvalue weighted by Gasteiger charge is -2.20. The summed E-state index contributed by atoms with van der Waals surface area (Å²) >= 11 is 1.47. The number of rotatable bonds is 10. The van der Waals surface area contributed by atoms with E-state index in [4.69, 9.17) is 9.47 Å². The average Bonchev–Trinajstić information content (AvgIpc) is 2.78. The van der Waals surface area contributed by atoms with Crippen molar-refractivity contribution in [3.63, 3.8) is 0 Å². The second-order valence-corrected chi connectivity index (χ2v) is 8.94.